The summed E-state index contributed by atoms with van der Waals surface area (Å²) in [6.07, 6.45) is 0. The van der Waals surface area contributed by atoms with E-state index in [0.717, 1.165) is 21.2 Å². The van der Waals surface area contributed by atoms with Gasteiger partial charge in [0, 0.05) is 28.4 Å². The summed E-state index contributed by atoms with van der Waals surface area (Å²) in [6, 6.07) is 9.97. The topological polar surface area (TPSA) is 54.0 Å². The molecule has 112 valence electrons. The number of hydrogen-bond acceptors (Lipinski definition) is 3. The van der Waals surface area contributed by atoms with Crippen LogP contribution in [0.2, 0.25) is 0 Å². The zero-order valence-electron chi connectivity index (χ0n) is 12.5. The van der Waals surface area contributed by atoms with Gasteiger partial charge < -0.3 is 10.6 Å². The van der Waals surface area contributed by atoms with Crippen LogP contribution < -0.4 is 10.6 Å². The Bertz CT molecular complexity index is 650. The van der Waals surface area contributed by atoms with Crippen LogP contribution in [0.5, 0.6) is 0 Å². The summed E-state index contributed by atoms with van der Waals surface area (Å²) < 4.78 is 1.04. The molecule has 1 heterocycles. The van der Waals surface area contributed by atoms with E-state index in [9.17, 15) is 4.79 Å². The zero-order valence-corrected chi connectivity index (χ0v) is 14.1. The highest BCUT2D eigenvalue weighted by atomic mass is 79.9. The van der Waals surface area contributed by atoms with Gasteiger partial charge in [-0.1, -0.05) is 36.7 Å². The van der Waals surface area contributed by atoms with Crippen molar-refractivity contribution in [3.8, 4) is 0 Å². The Kier molecular flexibility index (Phi) is 4.83. The number of rotatable bonds is 4. The third kappa shape index (κ3) is 4.43. The first-order chi connectivity index (χ1) is 9.86. The summed E-state index contributed by atoms with van der Waals surface area (Å²) in [5, 5.41) is 7.22. The molecule has 2 N–H and O–H groups in total. The molecular formula is C16H20BrN3O. The van der Waals surface area contributed by atoms with Gasteiger partial charge in [-0.05, 0) is 30.3 Å². The molecule has 0 saturated heterocycles. The van der Waals surface area contributed by atoms with Gasteiger partial charge in [-0.3, -0.25) is 4.79 Å². The average Bonchev–Trinajstić information content (AvgIpc) is 2.42. The Balaban J connectivity index is 1.89. The fraction of sp³-hybridized carbons (Fsp3) is 0.375. The maximum absolute atomic E-state index is 11.7. The molecular weight excluding hydrogens is 330 g/mol. The second kappa shape index (κ2) is 6.43. The van der Waals surface area contributed by atoms with Gasteiger partial charge in [0.05, 0.1) is 5.52 Å². The number of carbonyl (C=O) groups excluding carboxylic acids is 1. The van der Waals surface area contributed by atoms with Gasteiger partial charge in [-0.25, -0.2) is 4.98 Å². The monoisotopic (exact) mass is 349 g/mol. The highest BCUT2D eigenvalue weighted by molar-refractivity contribution is 9.10. The number of carbonyl (C=O) groups is 1. The summed E-state index contributed by atoms with van der Waals surface area (Å²) in [4.78, 5) is 16.3. The van der Waals surface area contributed by atoms with Crippen molar-refractivity contribution in [3.05, 3.63) is 34.8 Å². The molecule has 1 aromatic heterocycles. The summed E-state index contributed by atoms with van der Waals surface area (Å²) in [7, 11) is 0. The molecule has 2 aromatic rings. The summed E-state index contributed by atoms with van der Waals surface area (Å²) in [6.45, 7) is 6.93. The number of fused-ring (bicyclic) bond motifs is 1. The number of aromatic nitrogens is 1. The SMILES string of the molecule is CC(C)(C)C(=O)NCCNc1ccc2cc(Br)ccc2n1. The molecule has 0 aliphatic rings. The van der Waals surface area contributed by atoms with Crippen LogP contribution in [-0.2, 0) is 4.79 Å². The van der Waals surface area contributed by atoms with E-state index in [1.807, 2.05) is 51.1 Å². The number of nitrogens with one attached hydrogen (secondary N) is 2. The molecule has 0 unspecified atom stereocenters. The second-order valence-corrected chi connectivity index (χ2v) is 6.88. The zero-order chi connectivity index (χ0) is 15.5. The first-order valence-electron chi connectivity index (χ1n) is 6.95. The van der Waals surface area contributed by atoms with Crippen LogP contribution in [0.15, 0.2) is 34.8 Å². The maximum Gasteiger partial charge on any atom is 0.225 e. The van der Waals surface area contributed by atoms with Crippen LogP contribution in [0.25, 0.3) is 10.9 Å². The standard InChI is InChI=1S/C16H20BrN3O/c1-16(2,3)15(21)19-9-8-18-14-7-4-11-10-12(17)5-6-13(11)20-14/h4-7,10H,8-9H2,1-3H3,(H,18,20)(H,19,21). The van der Waals surface area contributed by atoms with Crippen molar-refractivity contribution in [2.45, 2.75) is 20.8 Å². The molecule has 2 rings (SSSR count). The van der Waals surface area contributed by atoms with Crippen molar-refractivity contribution in [2.75, 3.05) is 18.4 Å². The Morgan fingerprint density at radius 2 is 1.95 bits per heavy atom. The van der Waals surface area contributed by atoms with Gasteiger partial charge in [0.2, 0.25) is 5.91 Å². The molecule has 0 aliphatic carbocycles. The Morgan fingerprint density at radius 1 is 1.19 bits per heavy atom. The van der Waals surface area contributed by atoms with Crippen LogP contribution >= 0.6 is 15.9 Å². The number of anilines is 1. The second-order valence-electron chi connectivity index (χ2n) is 5.97. The van der Waals surface area contributed by atoms with Gasteiger partial charge in [-0.15, -0.1) is 0 Å². The van der Waals surface area contributed by atoms with Crippen molar-refractivity contribution in [3.63, 3.8) is 0 Å². The Labute approximate surface area is 133 Å². The summed E-state index contributed by atoms with van der Waals surface area (Å²) in [5.41, 5.74) is 0.594. The highest BCUT2D eigenvalue weighted by Gasteiger charge is 2.20. The van der Waals surface area contributed by atoms with Crippen LogP contribution in [0.4, 0.5) is 5.82 Å². The quantitative estimate of drug-likeness (QED) is 0.829. The number of hydrogen-bond donors (Lipinski definition) is 2. The summed E-state index contributed by atoms with van der Waals surface area (Å²) >= 11 is 3.45. The Hall–Kier alpha value is -1.62. The van der Waals surface area contributed by atoms with Crippen molar-refractivity contribution in [1.82, 2.24) is 10.3 Å². The average molecular weight is 350 g/mol. The molecule has 21 heavy (non-hydrogen) atoms. The van der Waals surface area contributed by atoms with Gasteiger partial charge in [0.1, 0.15) is 5.82 Å². The van der Waals surface area contributed by atoms with E-state index in [1.54, 1.807) is 0 Å². The largest absolute Gasteiger partial charge is 0.368 e. The lowest BCUT2D eigenvalue weighted by Gasteiger charge is -2.17. The summed E-state index contributed by atoms with van der Waals surface area (Å²) in [5.74, 6) is 0.871. The molecule has 0 spiro atoms. The fourth-order valence-corrected chi connectivity index (χ4v) is 2.21. The molecule has 0 atom stereocenters. The first kappa shape index (κ1) is 15.8. The van der Waals surface area contributed by atoms with Gasteiger partial charge in [-0.2, -0.15) is 0 Å². The maximum atomic E-state index is 11.7. The van der Waals surface area contributed by atoms with E-state index in [1.165, 1.54) is 0 Å². The predicted octanol–water partition coefficient (Wildman–Crippen LogP) is 3.57. The van der Waals surface area contributed by atoms with Crippen molar-refractivity contribution in [1.29, 1.82) is 0 Å². The number of amides is 1. The molecule has 4 nitrogen and oxygen atoms in total. The number of halogens is 1. The smallest absolute Gasteiger partial charge is 0.225 e. The van der Waals surface area contributed by atoms with Crippen molar-refractivity contribution in [2.24, 2.45) is 5.41 Å². The molecule has 5 heteroatoms. The molecule has 0 saturated carbocycles. The third-order valence-corrected chi connectivity index (χ3v) is 3.54. The van der Waals surface area contributed by atoms with Gasteiger partial charge >= 0.3 is 0 Å². The minimum Gasteiger partial charge on any atom is -0.368 e. The van der Waals surface area contributed by atoms with Gasteiger partial charge in [0.15, 0.2) is 0 Å². The third-order valence-electron chi connectivity index (χ3n) is 3.05. The van der Waals surface area contributed by atoms with E-state index in [-0.39, 0.29) is 11.3 Å². The number of nitrogens with zero attached hydrogens (tertiary/aromatic N) is 1. The van der Waals surface area contributed by atoms with Crippen LogP contribution in [0.1, 0.15) is 20.8 Å². The lowest BCUT2D eigenvalue weighted by molar-refractivity contribution is -0.128. The molecule has 1 amide bonds. The predicted molar refractivity (Wildman–Crippen MR) is 90.4 cm³/mol. The van der Waals surface area contributed by atoms with Crippen LogP contribution in [0.3, 0.4) is 0 Å². The number of benzene rings is 1. The van der Waals surface area contributed by atoms with Crippen molar-refractivity contribution >= 4 is 38.6 Å². The van der Waals surface area contributed by atoms with E-state index < -0.39 is 0 Å². The highest BCUT2D eigenvalue weighted by Crippen LogP contribution is 2.19. The first-order valence-corrected chi connectivity index (χ1v) is 7.74. The van der Waals surface area contributed by atoms with Crippen LogP contribution in [0, 0.1) is 5.41 Å². The minimum absolute atomic E-state index is 0.0561. The minimum atomic E-state index is -0.353. The molecule has 0 bridgehead atoms. The molecule has 0 fully saturated rings. The Morgan fingerprint density at radius 3 is 2.67 bits per heavy atom. The van der Waals surface area contributed by atoms with E-state index in [4.69, 9.17) is 0 Å². The van der Waals surface area contributed by atoms with Gasteiger partial charge in [0.25, 0.3) is 0 Å². The normalized spacial score (nSPS) is 11.4. The molecule has 1 aromatic carbocycles. The van der Waals surface area contributed by atoms with E-state index >= 15 is 0 Å². The van der Waals surface area contributed by atoms with Crippen molar-refractivity contribution < 1.29 is 4.79 Å². The number of pyridine rings is 1. The lowest BCUT2D eigenvalue weighted by atomic mass is 9.96. The van der Waals surface area contributed by atoms with E-state index in [0.29, 0.717) is 13.1 Å². The van der Waals surface area contributed by atoms with Crippen LogP contribution in [-0.4, -0.2) is 24.0 Å². The lowest BCUT2D eigenvalue weighted by Crippen LogP contribution is -2.37. The molecule has 0 aliphatic heterocycles. The fourth-order valence-electron chi connectivity index (χ4n) is 1.83. The molecule has 0 radical (unpaired) electrons. The van der Waals surface area contributed by atoms with E-state index in [2.05, 4.69) is 31.5 Å².